The van der Waals surface area contributed by atoms with Crippen LogP contribution in [0.2, 0.25) is 5.15 Å². The molecule has 0 radical (unpaired) electrons. The van der Waals surface area contributed by atoms with Gasteiger partial charge in [0.15, 0.2) is 0 Å². The lowest BCUT2D eigenvalue weighted by molar-refractivity contribution is 0.0238. The maximum Gasteiger partial charge on any atom is 0.338 e. The van der Waals surface area contributed by atoms with Crippen LogP contribution in [0.1, 0.15) is 43.7 Å². The minimum absolute atomic E-state index is 0.112. The molecule has 0 aliphatic rings. The molecule has 1 atom stereocenters. The number of halogens is 1. The molecule has 1 unspecified atom stereocenters. The van der Waals surface area contributed by atoms with Crippen LogP contribution in [0.5, 0.6) is 0 Å². The van der Waals surface area contributed by atoms with Crippen molar-refractivity contribution in [2.24, 2.45) is 5.92 Å². The first-order chi connectivity index (χ1) is 7.93. The van der Waals surface area contributed by atoms with E-state index in [4.69, 9.17) is 16.3 Å². The monoisotopic (exact) mass is 255 g/mol. The minimum atomic E-state index is -0.342. The van der Waals surface area contributed by atoms with E-state index in [1.165, 1.54) is 6.07 Å². The summed E-state index contributed by atoms with van der Waals surface area (Å²) in [5, 5.41) is 0.327. The molecular formula is C13H18ClNO2. The van der Waals surface area contributed by atoms with Crippen molar-refractivity contribution in [1.29, 1.82) is 0 Å². The van der Waals surface area contributed by atoms with Gasteiger partial charge in [0.25, 0.3) is 0 Å². The van der Waals surface area contributed by atoms with Gasteiger partial charge in [0.2, 0.25) is 0 Å². The molecule has 0 aliphatic carbocycles. The Balaban J connectivity index is 2.85. The second kappa shape index (κ2) is 6.01. The van der Waals surface area contributed by atoms with Crippen LogP contribution in [0.3, 0.4) is 0 Å². The van der Waals surface area contributed by atoms with Crippen LogP contribution in [-0.2, 0) is 11.2 Å². The Hall–Kier alpha value is -1.09. The SMILES string of the molecule is CCc1cc(C(=O)OC(C)C(C)C)cc(Cl)n1. The number of esters is 1. The summed E-state index contributed by atoms with van der Waals surface area (Å²) in [6, 6.07) is 3.26. The third kappa shape index (κ3) is 4.00. The Morgan fingerprint density at radius 2 is 2.06 bits per heavy atom. The van der Waals surface area contributed by atoms with E-state index in [1.54, 1.807) is 6.07 Å². The fourth-order valence-electron chi connectivity index (χ4n) is 1.22. The van der Waals surface area contributed by atoms with Crippen LogP contribution in [0.15, 0.2) is 12.1 Å². The van der Waals surface area contributed by atoms with Crippen molar-refractivity contribution >= 4 is 17.6 Å². The first kappa shape index (κ1) is 14.0. The molecule has 1 heterocycles. The van der Waals surface area contributed by atoms with E-state index in [-0.39, 0.29) is 12.1 Å². The summed E-state index contributed by atoms with van der Waals surface area (Å²) in [4.78, 5) is 16.0. The molecule has 0 spiro atoms. The number of aromatic nitrogens is 1. The Bertz CT molecular complexity index is 404. The fourth-order valence-corrected chi connectivity index (χ4v) is 1.45. The molecule has 0 fully saturated rings. The fraction of sp³-hybridized carbons (Fsp3) is 0.538. The smallest absolute Gasteiger partial charge is 0.338 e. The third-order valence-electron chi connectivity index (χ3n) is 2.68. The maximum absolute atomic E-state index is 11.9. The Kier molecular flexibility index (Phi) is 4.94. The minimum Gasteiger partial charge on any atom is -0.459 e. The lowest BCUT2D eigenvalue weighted by atomic mass is 10.1. The van der Waals surface area contributed by atoms with Gasteiger partial charge in [-0.05, 0) is 31.4 Å². The third-order valence-corrected chi connectivity index (χ3v) is 2.87. The van der Waals surface area contributed by atoms with Crippen molar-refractivity contribution < 1.29 is 9.53 Å². The van der Waals surface area contributed by atoms with Crippen molar-refractivity contribution in [2.45, 2.75) is 40.2 Å². The highest BCUT2D eigenvalue weighted by molar-refractivity contribution is 6.29. The lowest BCUT2D eigenvalue weighted by Gasteiger charge is -2.16. The molecule has 94 valence electrons. The molecule has 0 N–H and O–H groups in total. The number of pyridine rings is 1. The Morgan fingerprint density at radius 3 is 2.59 bits per heavy atom. The topological polar surface area (TPSA) is 39.2 Å². The first-order valence-corrected chi connectivity index (χ1v) is 6.19. The molecule has 1 aromatic heterocycles. The van der Waals surface area contributed by atoms with E-state index in [0.717, 1.165) is 12.1 Å². The molecule has 0 aliphatic heterocycles. The number of aryl methyl sites for hydroxylation is 1. The van der Waals surface area contributed by atoms with Gasteiger partial charge in [-0.3, -0.25) is 0 Å². The summed E-state index contributed by atoms with van der Waals surface area (Å²) in [7, 11) is 0. The normalized spacial score (nSPS) is 12.6. The highest BCUT2D eigenvalue weighted by Crippen LogP contribution is 2.15. The van der Waals surface area contributed by atoms with Gasteiger partial charge in [0, 0.05) is 5.69 Å². The van der Waals surface area contributed by atoms with Crippen LogP contribution >= 0.6 is 11.6 Å². The van der Waals surface area contributed by atoms with Gasteiger partial charge in [-0.2, -0.15) is 0 Å². The van der Waals surface area contributed by atoms with Crippen molar-refractivity contribution in [3.63, 3.8) is 0 Å². The van der Waals surface area contributed by atoms with Crippen molar-refractivity contribution in [3.05, 3.63) is 28.5 Å². The summed E-state index contributed by atoms with van der Waals surface area (Å²) in [6.07, 6.45) is 0.625. The van der Waals surface area contributed by atoms with Gasteiger partial charge in [-0.25, -0.2) is 9.78 Å². The number of carbonyl (C=O) groups excluding carboxylic acids is 1. The van der Waals surface area contributed by atoms with Crippen LogP contribution < -0.4 is 0 Å². The van der Waals surface area contributed by atoms with Gasteiger partial charge < -0.3 is 4.74 Å². The number of nitrogens with zero attached hydrogens (tertiary/aromatic N) is 1. The quantitative estimate of drug-likeness (QED) is 0.611. The second-order valence-corrected chi connectivity index (χ2v) is 4.77. The van der Waals surface area contributed by atoms with Crippen molar-refractivity contribution in [1.82, 2.24) is 4.98 Å². The number of carbonyl (C=O) groups is 1. The van der Waals surface area contributed by atoms with E-state index >= 15 is 0 Å². The number of hydrogen-bond donors (Lipinski definition) is 0. The summed E-state index contributed by atoms with van der Waals surface area (Å²) in [6.45, 7) is 7.86. The molecule has 1 aromatic rings. The average Bonchev–Trinajstić information content (AvgIpc) is 2.27. The zero-order valence-corrected chi connectivity index (χ0v) is 11.4. The van der Waals surface area contributed by atoms with E-state index in [0.29, 0.717) is 16.6 Å². The second-order valence-electron chi connectivity index (χ2n) is 4.38. The summed E-state index contributed by atoms with van der Waals surface area (Å²) < 4.78 is 5.33. The molecule has 0 saturated carbocycles. The van der Waals surface area contributed by atoms with Gasteiger partial charge in [0.05, 0.1) is 5.56 Å². The average molecular weight is 256 g/mol. The summed E-state index contributed by atoms with van der Waals surface area (Å²) >= 11 is 5.85. The molecule has 1 rings (SSSR count). The highest BCUT2D eigenvalue weighted by Gasteiger charge is 2.16. The zero-order chi connectivity index (χ0) is 13.0. The van der Waals surface area contributed by atoms with Gasteiger partial charge in [-0.1, -0.05) is 32.4 Å². The molecule has 4 heteroatoms. The Labute approximate surface area is 107 Å². The first-order valence-electron chi connectivity index (χ1n) is 5.81. The number of ether oxygens (including phenoxy) is 1. The van der Waals surface area contributed by atoms with Gasteiger partial charge in [-0.15, -0.1) is 0 Å². The molecule has 0 saturated heterocycles. The summed E-state index contributed by atoms with van der Waals surface area (Å²) in [5.41, 5.74) is 1.26. The predicted molar refractivity (Wildman–Crippen MR) is 68.3 cm³/mol. The molecule has 3 nitrogen and oxygen atoms in total. The number of hydrogen-bond acceptors (Lipinski definition) is 3. The number of rotatable bonds is 4. The van der Waals surface area contributed by atoms with Crippen LogP contribution in [0, 0.1) is 5.92 Å². The summed E-state index contributed by atoms with van der Waals surface area (Å²) in [5.74, 6) is -0.0490. The largest absolute Gasteiger partial charge is 0.459 e. The van der Waals surface area contributed by atoms with E-state index in [1.807, 2.05) is 27.7 Å². The molecule has 0 bridgehead atoms. The van der Waals surface area contributed by atoms with E-state index < -0.39 is 0 Å². The predicted octanol–water partition coefficient (Wildman–Crippen LogP) is 3.50. The maximum atomic E-state index is 11.9. The molecular weight excluding hydrogens is 238 g/mol. The van der Waals surface area contributed by atoms with Crippen LogP contribution in [-0.4, -0.2) is 17.1 Å². The van der Waals surface area contributed by atoms with E-state index in [2.05, 4.69) is 4.98 Å². The van der Waals surface area contributed by atoms with E-state index in [9.17, 15) is 4.79 Å². The lowest BCUT2D eigenvalue weighted by Crippen LogP contribution is -2.20. The van der Waals surface area contributed by atoms with Crippen LogP contribution in [0.25, 0.3) is 0 Å². The molecule has 0 amide bonds. The van der Waals surface area contributed by atoms with Crippen molar-refractivity contribution in [3.8, 4) is 0 Å². The zero-order valence-electron chi connectivity index (χ0n) is 10.7. The van der Waals surface area contributed by atoms with Crippen LogP contribution in [0.4, 0.5) is 0 Å². The Morgan fingerprint density at radius 1 is 1.41 bits per heavy atom. The van der Waals surface area contributed by atoms with Crippen molar-refractivity contribution in [2.75, 3.05) is 0 Å². The highest BCUT2D eigenvalue weighted by atomic mass is 35.5. The van der Waals surface area contributed by atoms with Gasteiger partial charge >= 0.3 is 5.97 Å². The van der Waals surface area contributed by atoms with Gasteiger partial charge in [0.1, 0.15) is 11.3 Å². The standard InChI is InChI=1S/C13H18ClNO2/c1-5-11-6-10(7-12(14)15-11)13(16)17-9(4)8(2)3/h6-9H,5H2,1-4H3. The molecule has 0 aromatic carbocycles. The molecule has 17 heavy (non-hydrogen) atoms.